The van der Waals surface area contributed by atoms with Crippen LogP contribution in [0.1, 0.15) is 25.8 Å². The summed E-state index contributed by atoms with van der Waals surface area (Å²) < 4.78 is 1.32. The van der Waals surface area contributed by atoms with Crippen molar-refractivity contribution >= 4 is 34.2 Å². The highest BCUT2D eigenvalue weighted by Gasteiger charge is 2.16. The van der Waals surface area contributed by atoms with Crippen molar-refractivity contribution in [3.8, 4) is 0 Å². The maximum atomic E-state index is 12.8. The summed E-state index contributed by atoms with van der Waals surface area (Å²) >= 11 is 1.58. The van der Waals surface area contributed by atoms with Crippen molar-refractivity contribution in [2.45, 2.75) is 13.5 Å². The lowest BCUT2D eigenvalue weighted by atomic mass is 10.1. The lowest BCUT2D eigenvalue weighted by molar-refractivity contribution is 0.0949. The van der Waals surface area contributed by atoms with E-state index in [-0.39, 0.29) is 17.8 Å². The van der Waals surface area contributed by atoms with Crippen LogP contribution in [0.5, 0.6) is 0 Å². The molecular weight excluding hydrogens is 384 g/mol. The quantitative estimate of drug-likeness (QED) is 0.409. The lowest BCUT2D eigenvalue weighted by Gasteiger charge is -2.10. The third-order valence-electron chi connectivity index (χ3n) is 4.38. The van der Waals surface area contributed by atoms with E-state index in [9.17, 15) is 9.59 Å². The summed E-state index contributed by atoms with van der Waals surface area (Å²) in [5.41, 5.74) is 3.37. The molecule has 2 aromatic carbocycles. The highest BCUT2D eigenvalue weighted by Crippen LogP contribution is 2.14. The lowest BCUT2D eigenvalue weighted by Crippen LogP contribution is -2.29. The third kappa shape index (κ3) is 4.14. The molecule has 0 spiro atoms. The number of carbonyl (C=O) groups excluding carboxylic acids is 1. The van der Waals surface area contributed by atoms with Gasteiger partial charge in [-0.15, -0.1) is 11.3 Å². The maximum absolute atomic E-state index is 12.8. The van der Waals surface area contributed by atoms with Crippen molar-refractivity contribution in [3.63, 3.8) is 0 Å². The SMILES string of the molecule is Cc1ccc(/C=N\NC(=O)c2nn(Cc3ccccc3)c(=O)c3ccccc23)s1. The number of nitrogens with zero attached hydrogens (tertiary/aromatic N) is 3. The van der Waals surface area contributed by atoms with Crippen LogP contribution in [-0.2, 0) is 6.54 Å². The minimum atomic E-state index is -0.465. The van der Waals surface area contributed by atoms with Gasteiger partial charge in [-0.25, -0.2) is 10.1 Å². The number of nitrogens with one attached hydrogen (secondary N) is 1. The largest absolute Gasteiger partial charge is 0.292 e. The Morgan fingerprint density at radius 3 is 2.52 bits per heavy atom. The molecule has 1 N–H and O–H groups in total. The molecule has 7 heteroatoms. The van der Waals surface area contributed by atoms with E-state index < -0.39 is 5.91 Å². The fourth-order valence-electron chi connectivity index (χ4n) is 3.00. The number of hydrogen-bond acceptors (Lipinski definition) is 5. The Kier molecular flexibility index (Phi) is 5.31. The van der Waals surface area contributed by atoms with E-state index in [1.165, 1.54) is 9.56 Å². The second-order valence-corrected chi connectivity index (χ2v) is 7.81. The molecule has 0 unspecified atom stereocenters. The van der Waals surface area contributed by atoms with E-state index in [1.54, 1.807) is 41.8 Å². The molecule has 29 heavy (non-hydrogen) atoms. The second-order valence-electron chi connectivity index (χ2n) is 6.49. The highest BCUT2D eigenvalue weighted by atomic mass is 32.1. The number of hydrazone groups is 1. The van der Waals surface area contributed by atoms with E-state index in [1.807, 2.05) is 49.4 Å². The van der Waals surface area contributed by atoms with Gasteiger partial charge >= 0.3 is 0 Å². The van der Waals surface area contributed by atoms with Crippen LogP contribution in [-0.4, -0.2) is 21.9 Å². The molecule has 4 rings (SSSR count). The van der Waals surface area contributed by atoms with Gasteiger partial charge in [0, 0.05) is 15.1 Å². The van der Waals surface area contributed by atoms with Crippen LogP contribution < -0.4 is 11.0 Å². The molecule has 0 aliphatic rings. The highest BCUT2D eigenvalue weighted by molar-refractivity contribution is 7.13. The summed E-state index contributed by atoms with van der Waals surface area (Å²) in [5, 5.41) is 9.33. The molecule has 0 radical (unpaired) electrons. The van der Waals surface area contributed by atoms with Gasteiger partial charge in [-0.1, -0.05) is 48.5 Å². The van der Waals surface area contributed by atoms with Gasteiger partial charge in [-0.2, -0.15) is 10.2 Å². The number of carbonyl (C=O) groups is 1. The first-order valence-corrected chi connectivity index (χ1v) is 9.87. The second kappa shape index (κ2) is 8.20. The number of amides is 1. The van der Waals surface area contributed by atoms with Gasteiger partial charge in [0.1, 0.15) is 0 Å². The fraction of sp³-hybridized carbons (Fsp3) is 0.0909. The maximum Gasteiger partial charge on any atom is 0.292 e. The molecule has 0 atom stereocenters. The van der Waals surface area contributed by atoms with Crippen LogP contribution in [0.4, 0.5) is 0 Å². The van der Waals surface area contributed by atoms with Gasteiger partial charge in [0.2, 0.25) is 0 Å². The molecule has 0 saturated carbocycles. The van der Waals surface area contributed by atoms with Crippen molar-refractivity contribution in [2.24, 2.45) is 5.10 Å². The van der Waals surface area contributed by atoms with Gasteiger partial charge in [0.25, 0.3) is 11.5 Å². The predicted octanol–water partition coefficient (Wildman–Crippen LogP) is 3.58. The van der Waals surface area contributed by atoms with Gasteiger partial charge in [-0.05, 0) is 30.7 Å². The van der Waals surface area contributed by atoms with Crippen molar-refractivity contribution in [1.29, 1.82) is 0 Å². The molecule has 1 amide bonds. The van der Waals surface area contributed by atoms with Crippen molar-refractivity contribution in [2.75, 3.05) is 0 Å². The van der Waals surface area contributed by atoms with Crippen LogP contribution in [0.3, 0.4) is 0 Å². The van der Waals surface area contributed by atoms with E-state index in [2.05, 4.69) is 15.6 Å². The molecular formula is C22H18N4O2S. The number of aromatic nitrogens is 2. The molecule has 0 bridgehead atoms. The summed E-state index contributed by atoms with van der Waals surface area (Å²) in [4.78, 5) is 27.7. The average molecular weight is 402 g/mol. The number of rotatable bonds is 5. The minimum absolute atomic E-state index is 0.163. The van der Waals surface area contributed by atoms with Gasteiger partial charge in [0.15, 0.2) is 5.69 Å². The Morgan fingerprint density at radius 2 is 1.79 bits per heavy atom. The van der Waals surface area contributed by atoms with Gasteiger partial charge in [-0.3, -0.25) is 9.59 Å². The monoisotopic (exact) mass is 402 g/mol. The Bertz CT molecular complexity index is 1260. The molecule has 2 aromatic heterocycles. The minimum Gasteiger partial charge on any atom is -0.267 e. The van der Waals surface area contributed by atoms with E-state index in [4.69, 9.17) is 0 Å². The summed E-state index contributed by atoms with van der Waals surface area (Å²) in [7, 11) is 0. The summed E-state index contributed by atoms with van der Waals surface area (Å²) in [6.45, 7) is 2.29. The Balaban J connectivity index is 1.68. The van der Waals surface area contributed by atoms with Gasteiger partial charge < -0.3 is 0 Å². The molecule has 6 nitrogen and oxygen atoms in total. The average Bonchev–Trinajstić information content (AvgIpc) is 3.16. The first-order valence-electron chi connectivity index (χ1n) is 9.05. The van der Waals surface area contributed by atoms with Crippen LogP contribution in [0.25, 0.3) is 10.8 Å². The Morgan fingerprint density at radius 1 is 1.07 bits per heavy atom. The van der Waals surface area contributed by atoms with E-state index in [0.717, 1.165) is 10.4 Å². The first-order chi connectivity index (χ1) is 14.1. The van der Waals surface area contributed by atoms with Gasteiger partial charge in [0.05, 0.1) is 18.1 Å². The van der Waals surface area contributed by atoms with Crippen LogP contribution >= 0.6 is 11.3 Å². The molecule has 0 fully saturated rings. The van der Waals surface area contributed by atoms with Crippen molar-refractivity contribution < 1.29 is 4.79 Å². The standard InChI is InChI=1S/C22H18N4O2S/c1-15-11-12-17(29-15)13-23-24-21(27)20-18-9-5-6-10-19(18)22(28)26(25-20)14-16-7-3-2-4-8-16/h2-13H,14H2,1H3,(H,24,27)/b23-13-. The number of fused-ring (bicyclic) bond motifs is 1. The number of hydrogen-bond donors (Lipinski definition) is 1. The molecule has 144 valence electrons. The summed E-state index contributed by atoms with van der Waals surface area (Å²) in [6.07, 6.45) is 1.59. The van der Waals surface area contributed by atoms with Crippen LogP contribution in [0, 0.1) is 6.92 Å². The summed E-state index contributed by atoms with van der Waals surface area (Å²) in [6, 6.07) is 20.4. The van der Waals surface area contributed by atoms with Crippen molar-refractivity contribution in [3.05, 3.63) is 98.1 Å². The van der Waals surface area contributed by atoms with Crippen LogP contribution in [0.2, 0.25) is 0 Å². The molecule has 2 heterocycles. The van der Waals surface area contributed by atoms with E-state index >= 15 is 0 Å². The zero-order valence-corrected chi connectivity index (χ0v) is 16.5. The van der Waals surface area contributed by atoms with Crippen molar-refractivity contribution in [1.82, 2.24) is 15.2 Å². The zero-order valence-electron chi connectivity index (χ0n) is 15.7. The first kappa shape index (κ1) is 18.8. The Hall–Kier alpha value is -3.58. The molecule has 0 aliphatic carbocycles. The molecule has 0 aliphatic heterocycles. The number of aryl methyl sites for hydroxylation is 1. The molecule has 0 saturated heterocycles. The fourth-order valence-corrected chi connectivity index (χ4v) is 3.75. The topological polar surface area (TPSA) is 76.3 Å². The van der Waals surface area contributed by atoms with Crippen LogP contribution in [0.15, 0.2) is 76.6 Å². The zero-order chi connectivity index (χ0) is 20.2. The number of thiophene rings is 1. The normalized spacial score (nSPS) is 11.2. The van der Waals surface area contributed by atoms with E-state index in [0.29, 0.717) is 10.8 Å². The summed E-state index contributed by atoms with van der Waals surface area (Å²) in [5.74, 6) is -0.465. The predicted molar refractivity (Wildman–Crippen MR) is 116 cm³/mol. The Labute approximate surface area is 171 Å². The third-order valence-corrected chi connectivity index (χ3v) is 5.31. The smallest absolute Gasteiger partial charge is 0.267 e. The number of benzene rings is 2. The molecule has 4 aromatic rings.